The number of hydrogen-bond acceptors (Lipinski definition) is 5. The van der Waals surface area contributed by atoms with Crippen LogP contribution in [0.4, 0.5) is 0 Å². The van der Waals surface area contributed by atoms with Crippen molar-refractivity contribution in [3.63, 3.8) is 0 Å². The van der Waals surface area contributed by atoms with Crippen LogP contribution in [0.3, 0.4) is 0 Å². The Balaban J connectivity index is 2.18. The second-order valence-corrected chi connectivity index (χ2v) is 6.94. The largest absolute Gasteiger partial charge is 0.465 e. The van der Waals surface area contributed by atoms with Gasteiger partial charge < -0.3 is 8.92 Å². The van der Waals surface area contributed by atoms with Crippen LogP contribution in [-0.4, -0.2) is 21.5 Å². The summed E-state index contributed by atoms with van der Waals surface area (Å²) in [5.41, 5.74) is 0.655. The third-order valence-electron chi connectivity index (χ3n) is 2.81. The lowest BCUT2D eigenvalue weighted by Crippen LogP contribution is -2.12. The van der Waals surface area contributed by atoms with Gasteiger partial charge >= 0.3 is 16.1 Å². The number of hydrogen-bond donors (Lipinski definition) is 0. The third kappa shape index (κ3) is 4.86. The van der Waals surface area contributed by atoms with Gasteiger partial charge in [-0.1, -0.05) is 35.3 Å². The first-order chi connectivity index (χ1) is 10.8. The van der Waals surface area contributed by atoms with E-state index < -0.39 is 21.8 Å². The summed E-state index contributed by atoms with van der Waals surface area (Å²) < 4.78 is 33.8. The van der Waals surface area contributed by atoms with Gasteiger partial charge in [0.25, 0.3) is 0 Å². The maximum atomic E-state index is 12.1. The predicted molar refractivity (Wildman–Crippen MR) is 87.5 cm³/mol. The summed E-state index contributed by atoms with van der Waals surface area (Å²) in [6.07, 6.45) is 0. The SMILES string of the molecule is COC(=O)c1cccc(CS(=O)(=O)Oc2ccc(Cl)c(Cl)c2)c1. The van der Waals surface area contributed by atoms with Crippen molar-refractivity contribution in [1.82, 2.24) is 0 Å². The van der Waals surface area contributed by atoms with Crippen LogP contribution in [0, 0.1) is 0 Å². The van der Waals surface area contributed by atoms with Crippen LogP contribution >= 0.6 is 23.2 Å². The van der Waals surface area contributed by atoms with E-state index in [2.05, 4.69) is 4.74 Å². The summed E-state index contributed by atoms with van der Waals surface area (Å²) in [5.74, 6) is -0.892. The molecule has 0 unspecified atom stereocenters. The van der Waals surface area contributed by atoms with Gasteiger partial charge in [0.05, 0.1) is 22.7 Å². The first-order valence-corrected chi connectivity index (χ1v) is 8.68. The van der Waals surface area contributed by atoms with Crippen molar-refractivity contribution in [2.45, 2.75) is 5.75 Å². The highest BCUT2D eigenvalue weighted by Gasteiger charge is 2.16. The van der Waals surface area contributed by atoms with E-state index in [0.717, 1.165) is 0 Å². The molecule has 0 heterocycles. The van der Waals surface area contributed by atoms with Crippen LogP contribution in [0.15, 0.2) is 42.5 Å². The van der Waals surface area contributed by atoms with E-state index in [1.807, 2.05) is 0 Å². The molecule has 0 radical (unpaired) electrons. The smallest absolute Gasteiger partial charge is 0.337 e. The number of rotatable bonds is 5. The molecule has 0 fully saturated rings. The van der Waals surface area contributed by atoms with Crippen LogP contribution in [0.25, 0.3) is 0 Å². The number of carbonyl (C=O) groups excluding carboxylic acids is 1. The first kappa shape index (κ1) is 17.6. The standard InChI is InChI=1S/C15H12Cl2O5S/c1-21-15(18)11-4-2-3-10(7-11)9-23(19,20)22-12-5-6-13(16)14(17)8-12/h2-8H,9H2,1H3. The predicted octanol–water partition coefficient (Wildman–Crippen LogP) is 3.69. The van der Waals surface area contributed by atoms with Gasteiger partial charge in [-0.3, -0.25) is 0 Å². The fourth-order valence-electron chi connectivity index (χ4n) is 1.81. The van der Waals surface area contributed by atoms with E-state index in [9.17, 15) is 13.2 Å². The Kier molecular flexibility index (Phi) is 5.51. The average molecular weight is 375 g/mol. The zero-order valence-corrected chi connectivity index (χ0v) is 14.3. The fourth-order valence-corrected chi connectivity index (χ4v) is 3.15. The molecule has 5 nitrogen and oxygen atoms in total. The Hall–Kier alpha value is -1.76. The van der Waals surface area contributed by atoms with Gasteiger partial charge in [0.2, 0.25) is 0 Å². The van der Waals surface area contributed by atoms with Crippen LogP contribution in [-0.2, 0) is 20.6 Å². The molecular weight excluding hydrogens is 363 g/mol. The van der Waals surface area contributed by atoms with E-state index in [1.165, 1.54) is 37.4 Å². The number of carbonyl (C=O) groups is 1. The minimum atomic E-state index is -3.92. The number of benzene rings is 2. The summed E-state index contributed by atoms with van der Waals surface area (Å²) in [4.78, 5) is 11.5. The minimum absolute atomic E-state index is 0.0588. The number of ether oxygens (including phenoxy) is 1. The normalized spacial score (nSPS) is 11.1. The Morgan fingerprint density at radius 1 is 1.09 bits per heavy atom. The summed E-state index contributed by atoms with van der Waals surface area (Å²) >= 11 is 11.6. The molecule has 0 saturated heterocycles. The Labute approximate surface area is 143 Å². The average Bonchev–Trinajstić information content (AvgIpc) is 2.49. The van der Waals surface area contributed by atoms with Crippen molar-refractivity contribution in [1.29, 1.82) is 0 Å². The van der Waals surface area contributed by atoms with Crippen molar-refractivity contribution in [2.75, 3.05) is 7.11 Å². The lowest BCUT2D eigenvalue weighted by Gasteiger charge is -2.08. The maximum Gasteiger partial charge on any atom is 0.337 e. The van der Waals surface area contributed by atoms with Gasteiger partial charge in [0.15, 0.2) is 0 Å². The maximum absolute atomic E-state index is 12.1. The van der Waals surface area contributed by atoms with Gasteiger partial charge in [0, 0.05) is 6.07 Å². The zero-order valence-electron chi connectivity index (χ0n) is 12.0. The molecule has 23 heavy (non-hydrogen) atoms. The second-order valence-electron chi connectivity index (χ2n) is 4.55. The third-order valence-corrected chi connectivity index (χ3v) is 4.68. The number of esters is 1. The molecule has 0 aliphatic rings. The summed E-state index contributed by atoms with van der Waals surface area (Å²) in [6.45, 7) is 0. The highest BCUT2D eigenvalue weighted by Crippen LogP contribution is 2.27. The Morgan fingerprint density at radius 2 is 1.83 bits per heavy atom. The first-order valence-electron chi connectivity index (χ1n) is 6.35. The molecular formula is C15H12Cl2O5S. The van der Waals surface area contributed by atoms with Gasteiger partial charge in [-0.15, -0.1) is 0 Å². The van der Waals surface area contributed by atoms with E-state index in [-0.39, 0.29) is 16.3 Å². The topological polar surface area (TPSA) is 69.7 Å². The zero-order chi connectivity index (χ0) is 17.0. The summed E-state index contributed by atoms with van der Waals surface area (Å²) in [6, 6.07) is 10.2. The van der Waals surface area contributed by atoms with Crippen molar-refractivity contribution in [3.8, 4) is 5.75 Å². The number of halogens is 2. The molecule has 0 bridgehead atoms. The van der Waals surface area contributed by atoms with Crippen LogP contribution in [0.2, 0.25) is 10.0 Å². The molecule has 0 amide bonds. The molecule has 0 saturated carbocycles. The molecule has 0 N–H and O–H groups in total. The van der Waals surface area contributed by atoms with E-state index >= 15 is 0 Å². The molecule has 2 rings (SSSR count). The molecule has 122 valence electrons. The molecule has 0 aliphatic heterocycles. The number of methoxy groups -OCH3 is 1. The molecule has 0 aromatic heterocycles. The summed E-state index contributed by atoms with van der Waals surface area (Å²) in [7, 11) is -2.67. The lowest BCUT2D eigenvalue weighted by molar-refractivity contribution is 0.0600. The van der Waals surface area contributed by atoms with Gasteiger partial charge in [-0.05, 0) is 29.8 Å². The molecule has 2 aromatic carbocycles. The summed E-state index contributed by atoms with van der Waals surface area (Å²) in [5, 5.41) is 0.481. The molecule has 2 aromatic rings. The Bertz CT molecular complexity index is 834. The van der Waals surface area contributed by atoms with E-state index in [4.69, 9.17) is 27.4 Å². The highest BCUT2D eigenvalue weighted by molar-refractivity contribution is 7.86. The monoisotopic (exact) mass is 374 g/mol. The quantitative estimate of drug-likeness (QED) is 0.589. The van der Waals surface area contributed by atoms with Gasteiger partial charge in [-0.2, -0.15) is 8.42 Å². The molecule has 0 spiro atoms. The molecule has 8 heteroatoms. The fraction of sp³-hybridized carbons (Fsp3) is 0.133. The van der Waals surface area contributed by atoms with Crippen molar-refractivity contribution in [2.24, 2.45) is 0 Å². The lowest BCUT2D eigenvalue weighted by atomic mass is 10.1. The van der Waals surface area contributed by atoms with E-state index in [1.54, 1.807) is 12.1 Å². The van der Waals surface area contributed by atoms with Crippen molar-refractivity contribution >= 4 is 39.3 Å². The van der Waals surface area contributed by atoms with Crippen molar-refractivity contribution in [3.05, 3.63) is 63.6 Å². The van der Waals surface area contributed by atoms with E-state index in [0.29, 0.717) is 10.6 Å². The minimum Gasteiger partial charge on any atom is -0.465 e. The van der Waals surface area contributed by atoms with Gasteiger partial charge in [0.1, 0.15) is 11.5 Å². The molecule has 0 atom stereocenters. The van der Waals surface area contributed by atoms with Crippen LogP contribution in [0.1, 0.15) is 15.9 Å². The van der Waals surface area contributed by atoms with Gasteiger partial charge in [-0.25, -0.2) is 4.79 Å². The Morgan fingerprint density at radius 3 is 2.48 bits per heavy atom. The van der Waals surface area contributed by atoms with Crippen molar-refractivity contribution < 1.29 is 22.1 Å². The highest BCUT2D eigenvalue weighted by atomic mass is 35.5. The van der Waals surface area contributed by atoms with Crippen LogP contribution in [0.5, 0.6) is 5.75 Å². The molecule has 0 aliphatic carbocycles. The van der Waals surface area contributed by atoms with Crippen LogP contribution < -0.4 is 4.18 Å². The second kappa shape index (κ2) is 7.21.